The number of carbonyl (C=O) groups is 1. The molecule has 148 valence electrons. The Bertz CT molecular complexity index is 804. The first-order chi connectivity index (χ1) is 13.6. The van der Waals surface area contributed by atoms with Gasteiger partial charge in [0.15, 0.2) is 0 Å². The summed E-state index contributed by atoms with van der Waals surface area (Å²) in [6.45, 7) is 5.36. The van der Waals surface area contributed by atoms with E-state index in [9.17, 15) is 9.18 Å². The van der Waals surface area contributed by atoms with Crippen LogP contribution in [0.5, 0.6) is 0 Å². The average Bonchev–Trinajstić information content (AvgIpc) is 2.75. The number of nitrogens with zero attached hydrogens (tertiary/aromatic N) is 3. The molecular weight excluding hydrogens is 377 g/mol. The van der Waals surface area contributed by atoms with Gasteiger partial charge in [0.1, 0.15) is 5.82 Å². The highest BCUT2D eigenvalue weighted by Crippen LogP contribution is 2.22. The van der Waals surface area contributed by atoms with Crippen molar-refractivity contribution in [2.75, 3.05) is 44.2 Å². The van der Waals surface area contributed by atoms with E-state index >= 15 is 0 Å². The zero-order chi connectivity index (χ0) is 19.5. The van der Waals surface area contributed by atoms with Gasteiger partial charge in [-0.05, 0) is 61.4 Å². The molecule has 4 nitrogen and oxygen atoms in total. The number of hydrogen-bond donors (Lipinski definition) is 0. The summed E-state index contributed by atoms with van der Waals surface area (Å²) in [5.41, 5.74) is 1.77. The second-order valence-electron chi connectivity index (χ2n) is 7.55. The minimum Gasteiger partial charge on any atom is -0.369 e. The van der Waals surface area contributed by atoms with Crippen molar-refractivity contribution in [3.63, 3.8) is 0 Å². The quantitative estimate of drug-likeness (QED) is 0.780. The highest BCUT2D eigenvalue weighted by molar-refractivity contribution is 6.30. The van der Waals surface area contributed by atoms with Crippen molar-refractivity contribution >= 4 is 23.2 Å². The van der Waals surface area contributed by atoms with Gasteiger partial charge in [-0.1, -0.05) is 11.6 Å². The van der Waals surface area contributed by atoms with E-state index in [0.29, 0.717) is 16.6 Å². The Morgan fingerprint density at radius 3 is 2.29 bits per heavy atom. The summed E-state index contributed by atoms with van der Waals surface area (Å²) in [5, 5.41) is 0.645. The Hall–Kier alpha value is -2.11. The van der Waals surface area contributed by atoms with E-state index in [2.05, 4.69) is 9.80 Å². The van der Waals surface area contributed by atoms with Crippen molar-refractivity contribution in [2.45, 2.75) is 18.9 Å². The van der Waals surface area contributed by atoms with Crippen LogP contribution >= 0.6 is 11.6 Å². The molecule has 1 unspecified atom stereocenters. The fourth-order valence-electron chi connectivity index (χ4n) is 4.21. The highest BCUT2D eigenvalue weighted by Gasteiger charge is 2.30. The van der Waals surface area contributed by atoms with Gasteiger partial charge >= 0.3 is 0 Å². The van der Waals surface area contributed by atoms with E-state index in [1.54, 1.807) is 24.3 Å². The van der Waals surface area contributed by atoms with Crippen LogP contribution in [0.4, 0.5) is 10.1 Å². The monoisotopic (exact) mass is 401 g/mol. The molecule has 0 radical (unpaired) electrons. The Balaban J connectivity index is 1.34. The molecule has 2 aliphatic rings. The molecule has 2 fully saturated rings. The summed E-state index contributed by atoms with van der Waals surface area (Å²) >= 11 is 5.94. The molecule has 28 heavy (non-hydrogen) atoms. The maximum Gasteiger partial charge on any atom is 0.253 e. The lowest BCUT2D eigenvalue weighted by molar-refractivity contribution is 0.0563. The molecule has 0 saturated carbocycles. The van der Waals surface area contributed by atoms with Crippen LogP contribution in [0.2, 0.25) is 5.02 Å². The van der Waals surface area contributed by atoms with E-state index in [1.165, 1.54) is 12.1 Å². The molecule has 0 aromatic heterocycles. The number of hydrogen-bond acceptors (Lipinski definition) is 3. The molecule has 2 heterocycles. The molecule has 2 aromatic carbocycles. The number of likely N-dealkylation sites (tertiary alicyclic amines) is 1. The van der Waals surface area contributed by atoms with Crippen molar-refractivity contribution in [3.05, 3.63) is 64.9 Å². The number of rotatable bonds is 3. The average molecular weight is 402 g/mol. The molecule has 2 saturated heterocycles. The van der Waals surface area contributed by atoms with E-state index < -0.39 is 0 Å². The Kier molecular flexibility index (Phi) is 5.83. The third-order valence-corrected chi connectivity index (χ3v) is 6.05. The second-order valence-corrected chi connectivity index (χ2v) is 7.99. The first-order valence-electron chi connectivity index (χ1n) is 9.89. The van der Waals surface area contributed by atoms with Crippen LogP contribution < -0.4 is 4.90 Å². The molecule has 0 bridgehead atoms. The zero-order valence-electron chi connectivity index (χ0n) is 15.9. The van der Waals surface area contributed by atoms with Crippen molar-refractivity contribution in [1.82, 2.24) is 9.80 Å². The van der Waals surface area contributed by atoms with Gasteiger partial charge < -0.3 is 9.80 Å². The van der Waals surface area contributed by atoms with Crippen molar-refractivity contribution in [2.24, 2.45) is 0 Å². The SMILES string of the molecule is O=C(c1ccc(Cl)cc1)N1CCCC(N2CCN(c3ccc(F)cc3)CC2)C1. The molecule has 0 aliphatic carbocycles. The lowest BCUT2D eigenvalue weighted by atomic mass is 10.0. The van der Waals surface area contributed by atoms with E-state index in [4.69, 9.17) is 11.6 Å². The van der Waals surface area contributed by atoms with Crippen LogP contribution in [0.25, 0.3) is 0 Å². The van der Waals surface area contributed by atoms with E-state index in [1.807, 2.05) is 17.0 Å². The van der Waals surface area contributed by atoms with Gasteiger partial charge in [-0.2, -0.15) is 0 Å². The maximum atomic E-state index is 13.1. The number of anilines is 1. The first-order valence-corrected chi connectivity index (χ1v) is 10.3. The Labute approximate surface area is 170 Å². The summed E-state index contributed by atoms with van der Waals surface area (Å²) < 4.78 is 13.1. The summed E-state index contributed by atoms with van der Waals surface area (Å²) in [6, 6.07) is 14.3. The number of amides is 1. The third kappa shape index (κ3) is 4.31. The Morgan fingerprint density at radius 1 is 0.929 bits per heavy atom. The van der Waals surface area contributed by atoms with Gasteiger partial charge in [0.25, 0.3) is 5.91 Å². The number of halogens is 2. The lowest BCUT2D eigenvalue weighted by Gasteiger charge is -2.44. The van der Waals surface area contributed by atoms with Gasteiger partial charge in [0.05, 0.1) is 0 Å². The molecule has 2 aromatic rings. The van der Waals surface area contributed by atoms with Crippen LogP contribution in [0.3, 0.4) is 0 Å². The normalized spacial score (nSPS) is 21.0. The summed E-state index contributed by atoms with van der Waals surface area (Å²) in [5.74, 6) is -0.110. The molecule has 0 spiro atoms. The first kappa shape index (κ1) is 19.2. The van der Waals surface area contributed by atoms with Crippen LogP contribution in [-0.2, 0) is 0 Å². The third-order valence-electron chi connectivity index (χ3n) is 5.80. The van der Waals surface area contributed by atoms with Gasteiger partial charge in [-0.15, -0.1) is 0 Å². The predicted molar refractivity (Wildman–Crippen MR) is 111 cm³/mol. The van der Waals surface area contributed by atoms with Crippen molar-refractivity contribution < 1.29 is 9.18 Å². The summed E-state index contributed by atoms with van der Waals surface area (Å²) in [7, 11) is 0. The van der Waals surface area contributed by atoms with Crippen molar-refractivity contribution in [1.29, 1.82) is 0 Å². The Morgan fingerprint density at radius 2 is 1.61 bits per heavy atom. The summed E-state index contributed by atoms with van der Waals surface area (Å²) in [6.07, 6.45) is 2.16. The molecular formula is C22H25ClFN3O. The topological polar surface area (TPSA) is 26.8 Å². The fraction of sp³-hybridized carbons (Fsp3) is 0.409. The van der Waals surface area contributed by atoms with Gasteiger partial charge in [-0.25, -0.2) is 4.39 Å². The number of piperidine rings is 1. The molecule has 6 heteroatoms. The smallest absolute Gasteiger partial charge is 0.253 e. The maximum absolute atomic E-state index is 13.1. The molecule has 0 N–H and O–H groups in total. The molecule has 4 rings (SSSR count). The van der Waals surface area contributed by atoms with E-state index in [-0.39, 0.29) is 11.7 Å². The van der Waals surface area contributed by atoms with E-state index in [0.717, 1.165) is 57.8 Å². The van der Waals surface area contributed by atoms with Gasteiger partial charge in [-0.3, -0.25) is 9.69 Å². The summed E-state index contributed by atoms with van der Waals surface area (Å²) in [4.78, 5) is 19.6. The van der Waals surface area contributed by atoms with Crippen molar-refractivity contribution in [3.8, 4) is 0 Å². The number of carbonyl (C=O) groups excluding carboxylic acids is 1. The van der Waals surface area contributed by atoms with Crippen LogP contribution in [0, 0.1) is 5.82 Å². The second kappa shape index (κ2) is 8.50. The van der Waals surface area contributed by atoms with Gasteiger partial charge in [0, 0.05) is 61.6 Å². The largest absolute Gasteiger partial charge is 0.369 e. The minimum atomic E-state index is -0.199. The molecule has 1 amide bonds. The molecule has 1 atom stereocenters. The van der Waals surface area contributed by atoms with Crippen LogP contribution in [0.1, 0.15) is 23.2 Å². The lowest BCUT2D eigenvalue weighted by Crippen LogP contribution is -2.55. The minimum absolute atomic E-state index is 0.0892. The van der Waals surface area contributed by atoms with Crippen LogP contribution in [-0.4, -0.2) is 61.0 Å². The number of benzene rings is 2. The van der Waals surface area contributed by atoms with Gasteiger partial charge in [0.2, 0.25) is 0 Å². The number of piperazine rings is 1. The zero-order valence-corrected chi connectivity index (χ0v) is 16.6. The van der Waals surface area contributed by atoms with Crippen LogP contribution in [0.15, 0.2) is 48.5 Å². The predicted octanol–water partition coefficient (Wildman–Crippen LogP) is 3.91. The fourth-order valence-corrected chi connectivity index (χ4v) is 4.34. The standard InChI is InChI=1S/C22H25ClFN3O/c23-18-5-3-17(4-6-18)22(28)27-11-1-2-21(16-27)26-14-12-25(13-15-26)20-9-7-19(24)8-10-20/h3-10,21H,1-2,11-16H2. The molecule has 2 aliphatic heterocycles. The highest BCUT2D eigenvalue weighted by atomic mass is 35.5.